The van der Waals surface area contributed by atoms with E-state index in [4.69, 9.17) is 0 Å². The van der Waals surface area contributed by atoms with Gasteiger partial charge in [0.1, 0.15) is 0 Å². The average Bonchev–Trinajstić information content (AvgIpc) is 2.29. The van der Waals surface area contributed by atoms with Gasteiger partial charge in [-0.25, -0.2) is 0 Å². The van der Waals surface area contributed by atoms with Crippen LogP contribution >= 0.6 is 15.9 Å². The molecule has 0 aliphatic heterocycles. The molecule has 17 heavy (non-hydrogen) atoms. The van der Waals surface area contributed by atoms with Crippen LogP contribution in [0.4, 0.5) is 5.69 Å². The molecule has 0 unspecified atom stereocenters. The van der Waals surface area contributed by atoms with Crippen molar-refractivity contribution in [1.29, 1.82) is 0 Å². The van der Waals surface area contributed by atoms with Crippen molar-refractivity contribution in [3.8, 4) is 0 Å². The fraction of sp³-hybridized carbons (Fsp3) is 0.571. The van der Waals surface area contributed by atoms with Gasteiger partial charge in [0, 0.05) is 23.2 Å². The Labute approximate surface area is 113 Å². The van der Waals surface area contributed by atoms with Crippen molar-refractivity contribution in [2.45, 2.75) is 45.8 Å². The minimum Gasteiger partial charge on any atom is -0.389 e. The van der Waals surface area contributed by atoms with Crippen LogP contribution in [-0.4, -0.2) is 18.2 Å². The second-order valence-electron chi connectivity index (χ2n) is 4.46. The van der Waals surface area contributed by atoms with Crippen molar-refractivity contribution in [2.24, 2.45) is 0 Å². The number of hydrogen-bond acceptors (Lipinski definition) is 2. The number of aliphatic hydroxyl groups excluding tert-OH is 1. The molecule has 0 saturated carbocycles. The van der Waals surface area contributed by atoms with Gasteiger partial charge in [0.05, 0.1) is 6.10 Å². The largest absolute Gasteiger partial charge is 0.389 e. The normalized spacial score (nSPS) is 12.9. The summed E-state index contributed by atoms with van der Waals surface area (Å²) < 4.78 is 0.975. The van der Waals surface area contributed by atoms with Gasteiger partial charge in [0.25, 0.3) is 0 Å². The summed E-state index contributed by atoms with van der Waals surface area (Å²) in [6, 6.07) is 6.72. The average molecular weight is 300 g/mol. The van der Waals surface area contributed by atoms with E-state index in [0.717, 1.165) is 22.9 Å². The SMILES string of the molecule is CCC(CC)N(C)c1ccc([C@H](C)O)c(Br)c1. The van der Waals surface area contributed by atoms with E-state index in [0.29, 0.717) is 6.04 Å². The Kier molecular flexibility index (Phi) is 5.47. The number of nitrogens with zero attached hydrogens (tertiary/aromatic N) is 1. The summed E-state index contributed by atoms with van der Waals surface area (Å²) >= 11 is 3.52. The summed E-state index contributed by atoms with van der Waals surface area (Å²) in [5.74, 6) is 0. The van der Waals surface area contributed by atoms with Crippen LogP contribution in [0.2, 0.25) is 0 Å². The first-order valence-corrected chi connectivity index (χ1v) is 7.00. The van der Waals surface area contributed by atoms with Crippen molar-refractivity contribution >= 4 is 21.6 Å². The Hall–Kier alpha value is -0.540. The van der Waals surface area contributed by atoms with Crippen LogP contribution in [0.25, 0.3) is 0 Å². The topological polar surface area (TPSA) is 23.5 Å². The van der Waals surface area contributed by atoms with E-state index >= 15 is 0 Å². The number of halogens is 1. The second kappa shape index (κ2) is 6.41. The summed E-state index contributed by atoms with van der Waals surface area (Å²) in [5, 5.41) is 9.59. The van der Waals surface area contributed by atoms with E-state index in [9.17, 15) is 5.11 Å². The molecule has 3 heteroatoms. The molecule has 0 aliphatic carbocycles. The molecule has 0 aliphatic rings. The predicted molar refractivity (Wildman–Crippen MR) is 77.5 cm³/mol. The molecule has 2 nitrogen and oxygen atoms in total. The lowest BCUT2D eigenvalue weighted by Crippen LogP contribution is -2.30. The maximum absolute atomic E-state index is 9.59. The standard InChI is InChI=1S/C14H22BrNO/c1-5-11(6-2)16(4)12-7-8-13(10(3)17)14(15)9-12/h7-11,17H,5-6H2,1-4H3/t10-/m0/s1. The van der Waals surface area contributed by atoms with Crippen LogP contribution in [0.1, 0.15) is 45.3 Å². The highest BCUT2D eigenvalue weighted by molar-refractivity contribution is 9.10. The lowest BCUT2D eigenvalue weighted by Gasteiger charge is -2.29. The highest BCUT2D eigenvalue weighted by Crippen LogP contribution is 2.29. The maximum atomic E-state index is 9.59. The summed E-state index contributed by atoms with van der Waals surface area (Å²) in [5.41, 5.74) is 2.13. The number of hydrogen-bond donors (Lipinski definition) is 1. The van der Waals surface area contributed by atoms with Gasteiger partial charge >= 0.3 is 0 Å². The van der Waals surface area contributed by atoms with Crippen LogP contribution < -0.4 is 4.90 Å². The van der Waals surface area contributed by atoms with Crippen molar-refractivity contribution in [3.05, 3.63) is 28.2 Å². The molecule has 1 aromatic rings. The van der Waals surface area contributed by atoms with E-state index in [1.807, 2.05) is 6.07 Å². The summed E-state index contributed by atoms with van der Waals surface area (Å²) in [6.45, 7) is 6.21. The van der Waals surface area contributed by atoms with Crippen LogP contribution in [-0.2, 0) is 0 Å². The molecule has 1 N–H and O–H groups in total. The highest BCUT2D eigenvalue weighted by Gasteiger charge is 2.13. The molecule has 96 valence electrons. The molecular formula is C14H22BrNO. The summed E-state index contributed by atoms with van der Waals surface area (Å²) in [4.78, 5) is 2.30. The lowest BCUT2D eigenvalue weighted by atomic mass is 10.1. The van der Waals surface area contributed by atoms with Crippen molar-refractivity contribution < 1.29 is 5.11 Å². The zero-order valence-corrected chi connectivity index (χ0v) is 12.7. The van der Waals surface area contributed by atoms with Crippen LogP contribution in [0.3, 0.4) is 0 Å². The highest BCUT2D eigenvalue weighted by atomic mass is 79.9. The zero-order valence-electron chi connectivity index (χ0n) is 11.1. The third kappa shape index (κ3) is 3.46. The lowest BCUT2D eigenvalue weighted by molar-refractivity contribution is 0.198. The van der Waals surface area contributed by atoms with E-state index in [1.165, 1.54) is 5.69 Å². The van der Waals surface area contributed by atoms with Gasteiger partial charge in [-0.05, 0) is 37.5 Å². The third-order valence-electron chi connectivity index (χ3n) is 3.33. The zero-order chi connectivity index (χ0) is 13.0. The molecule has 1 aromatic carbocycles. The van der Waals surface area contributed by atoms with E-state index in [-0.39, 0.29) is 0 Å². The van der Waals surface area contributed by atoms with Gasteiger partial charge in [-0.3, -0.25) is 0 Å². The fourth-order valence-electron chi connectivity index (χ4n) is 2.12. The van der Waals surface area contributed by atoms with Crippen LogP contribution in [0.5, 0.6) is 0 Å². The van der Waals surface area contributed by atoms with Crippen LogP contribution in [0.15, 0.2) is 22.7 Å². The first-order valence-electron chi connectivity index (χ1n) is 6.21. The molecule has 0 aromatic heterocycles. The number of benzene rings is 1. The van der Waals surface area contributed by atoms with Gasteiger partial charge < -0.3 is 10.0 Å². The Morgan fingerprint density at radius 1 is 1.29 bits per heavy atom. The van der Waals surface area contributed by atoms with E-state index < -0.39 is 6.10 Å². The molecule has 0 spiro atoms. The minimum absolute atomic E-state index is 0.433. The summed E-state index contributed by atoms with van der Waals surface area (Å²) in [6.07, 6.45) is 1.85. The molecule has 1 atom stereocenters. The van der Waals surface area contributed by atoms with Gasteiger partial charge in [-0.2, -0.15) is 0 Å². The Morgan fingerprint density at radius 3 is 2.29 bits per heavy atom. The third-order valence-corrected chi connectivity index (χ3v) is 4.02. The van der Waals surface area contributed by atoms with Crippen molar-refractivity contribution in [1.82, 2.24) is 0 Å². The molecule has 0 bridgehead atoms. The minimum atomic E-state index is -0.433. The Morgan fingerprint density at radius 2 is 1.88 bits per heavy atom. The Bertz CT molecular complexity index is 361. The molecule has 0 heterocycles. The van der Waals surface area contributed by atoms with Crippen LogP contribution in [0, 0.1) is 0 Å². The van der Waals surface area contributed by atoms with E-state index in [1.54, 1.807) is 6.92 Å². The van der Waals surface area contributed by atoms with Gasteiger partial charge in [-0.1, -0.05) is 35.8 Å². The second-order valence-corrected chi connectivity index (χ2v) is 5.32. The molecular weight excluding hydrogens is 278 g/mol. The van der Waals surface area contributed by atoms with Gasteiger partial charge in [-0.15, -0.1) is 0 Å². The molecule has 0 radical (unpaired) electrons. The number of anilines is 1. The Balaban J connectivity index is 2.96. The van der Waals surface area contributed by atoms with Gasteiger partial charge in [0.2, 0.25) is 0 Å². The molecule has 0 fully saturated rings. The molecule has 1 rings (SSSR count). The number of rotatable bonds is 5. The smallest absolute Gasteiger partial charge is 0.0772 e. The maximum Gasteiger partial charge on any atom is 0.0772 e. The monoisotopic (exact) mass is 299 g/mol. The number of aliphatic hydroxyl groups is 1. The summed E-state index contributed by atoms with van der Waals surface area (Å²) in [7, 11) is 2.13. The first-order chi connectivity index (χ1) is 8.01. The molecule has 0 saturated heterocycles. The quantitative estimate of drug-likeness (QED) is 0.884. The van der Waals surface area contributed by atoms with Crippen molar-refractivity contribution in [3.63, 3.8) is 0 Å². The molecule has 0 amide bonds. The first kappa shape index (κ1) is 14.5. The van der Waals surface area contributed by atoms with E-state index in [2.05, 4.69) is 53.9 Å². The fourth-order valence-corrected chi connectivity index (χ4v) is 2.82. The van der Waals surface area contributed by atoms with Crippen molar-refractivity contribution in [2.75, 3.05) is 11.9 Å². The predicted octanol–water partition coefficient (Wildman–Crippen LogP) is 4.13. The van der Waals surface area contributed by atoms with Gasteiger partial charge in [0.15, 0.2) is 0 Å².